The van der Waals surface area contributed by atoms with E-state index < -0.39 is 0 Å². The third-order valence-electron chi connectivity index (χ3n) is 4.09. The van der Waals surface area contributed by atoms with Gasteiger partial charge in [-0.2, -0.15) is 0 Å². The summed E-state index contributed by atoms with van der Waals surface area (Å²) in [6, 6.07) is 10.7. The number of aromatic nitrogens is 1. The topological polar surface area (TPSA) is 75.4 Å². The van der Waals surface area contributed by atoms with E-state index in [9.17, 15) is 9.59 Å². The minimum absolute atomic E-state index is 0.0160. The molecule has 0 bridgehead atoms. The quantitative estimate of drug-likeness (QED) is 0.680. The Morgan fingerprint density at radius 3 is 2.85 bits per heavy atom. The van der Waals surface area contributed by atoms with Crippen molar-refractivity contribution >= 4 is 44.2 Å². The number of anilines is 1. The molecule has 6 nitrogen and oxygen atoms in total. The summed E-state index contributed by atoms with van der Waals surface area (Å²) >= 11 is 4.82. The van der Waals surface area contributed by atoms with Gasteiger partial charge in [0.05, 0.1) is 24.1 Å². The standard InChI is InChI=1S/C18H14BrN3O3S/c19-12-5-2-1-4-11(12)17(24)22-8-7-13-15(10-22)26-18(20-13)21-16(23)14-6-3-9-25-14/h1-6,9H,7-8,10H2,(H,20,21,23). The van der Waals surface area contributed by atoms with Gasteiger partial charge in [-0.3, -0.25) is 14.9 Å². The molecule has 0 spiro atoms. The van der Waals surface area contributed by atoms with Crippen LogP contribution in [0.25, 0.3) is 0 Å². The van der Waals surface area contributed by atoms with Crippen LogP contribution in [0.3, 0.4) is 0 Å². The molecule has 1 aliphatic heterocycles. The van der Waals surface area contributed by atoms with Crippen LogP contribution in [0.5, 0.6) is 0 Å². The molecule has 2 aromatic heterocycles. The van der Waals surface area contributed by atoms with Gasteiger partial charge in [0, 0.05) is 22.3 Å². The van der Waals surface area contributed by atoms with Gasteiger partial charge in [-0.25, -0.2) is 4.98 Å². The van der Waals surface area contributed by atoms with Gasteiger partial charge in [0.25, 0.3) is 11.8 Å². The van der Waals surface area contributed by atoms with Crippen molar-refractivity contribution in [3.05, 3.63) is 69.0 Å². The number of halogens is 1. The van der Waals surface area contributed by atoms with Crippen LogP contribution in [0, 0.1) is 0 Å². The van der Waals surface area contributed by atoms with Crippen molar-refractivity contribution < 1.29 is 14.0 Å². The van der Waals surface area contributed by atoms with Crippen molar-refractivity contribution in [1.29, 1.82) is 0 Å². The van der Waals surface area contributed by atoms with E-state index in [0.29, 0.717) is 30.2 Å². The van der Waals surface area contributed by atoms with E-state index in [1.54, 1.807) is 17.0 Å². The molecular formula is C18H14BrN3O3S. The number of hydrogen-bond acceptors (Lipinski definition) is 5. The van der Waals surface area contributed by atoms with E-state index in [1.807, 2.05) is 24.3 Å². The number of hydrogen-bond donors (Lipinski definition) is 1. The maximum Gasteiger partial charge on any atom is 0.293 e. The first-order chi connectivity index (χ1) is 12.6. The zero-order chi connectivity index (χ0) is 18.1. The molecule has 4 rings (SSSR count). The summed E-state index contributed by atoms with van der Waals surface area (Å²) in [6.07, 6.45) is 2.12. The second-order valence-electron chi connectivity index (χ2n) is 5.78. The zero-order valence-electron chi connectivity index (χ0n) is 13.6. The molecule has 0 radical (unpaired) electrons. The summed E-state index contributed by atoms with van der Waals surface area (Å²) in [5.41, 5.74) is 1.58. The Kier molecular flexibility index (Phi) is 4.60. The summed E-state index contributed by atoms with van der Waals surface area (Å²) in [5, 5.41) is 3.27. The minimum atomic E-state index is -0.331. The highest BCUT2D eigenvalue weighted by molar-refractivity contribution is 9.10. The van der Waals surface area contributed by atoms with Gasteiger partial charge in [0.1, 0.15) is 0 Å². The van der Waals surface area contributed by atoms with Crippen LogP contribution in [0.4, 0.5) is 5.13 Å². The van der Waals surface area contributed by atoms with Gasteiger partial charge >= 0.3 is 0 Å². The molecule has 8 heteroatoms. The minimum Gasteiger partial charge on any atom is -0.459 e. The number of fused-ring (bicyclic) bond motifs is 1. The van der Waals surface area contributed by atoms with Crippen molar-refractivity contribution in [2.75, 3.05) is 11.9 Å². The number of nitrogens with one attached hydrogen (secondary N) is 1. The normalized spacial score (nSPS) is 13.3. The lowest BCUT2D eigenvalue weighted by atomic mass is 10.1. The number of carbonyl (C=O) groups is 2. The lowest BCUT2D eigenvalue weighted by Crippen LogP contribution is -2.35. The fourth-order valence-corrected chi connectivity index (χ4v) is 4.27. The first-order valence-corrected chi connectivity index (χ1v) is 9.60. The smallest absolute Gasteiger partial charge is 0.293 e. The molecule has 2 amide bonds. The number of benzene rings is 1. The van der Waals surface area contributed by atoms with Crippen molar-refractivity contribution in [3.63, 3.8) is 0 Å². The van der Waals surface area contributed by atoms with Crippen LogP contribution in [0.2, 0.25) is 0 Å². The van der Waals surface area contributed by atoms with Gasteiger partial charge < -0.3 is 9.32 Å². The summed E-state index contributed by atoms with van der Waals surface area (Å²) in [7, 11) is 0. The second-order valence-corrected chi connectivity index (χ2v) is 7.71. The largest absolute Gasteiger partial charge is 0.459 e. The SMILES string of the molecule is O=C(Nc1nc2c(s1)CN(C(=O)c1ccccc1Br)CC2)c1ccco1. The Labute approximate surface area is 162 Å². The zero-order valence-corrected chi connectivity index (χ0v) is 16.0. The maximum atomic E-state index is 12.8. The fraction of sp³-hybridized carbons (Fsp3) is 0.167. The Morgan fingerprint density at radius 2 is 2.08 bits per heavy atom. The molecule has 3 aromatic rings. The highest BCUT2D eigenvalue weighted by Gasteiger charge is 2.26. The molecule has 0 saturated heterocycles. The predicted octanol–water partition coefficient (Wildman–Crippen LogP) is 3.95. The first-order valence-electron chi connectivity index (χ1n) is 7.99. The molecule has 0 atom stereocenters. The van der Waals surface area contributed by atoms with Crippen LogP contribution in [0.1, 0.15) is 31.5 Å². The van der Waals surface area contributed by atoms with E-state index >= 15 is 0 Å². The van der Waals surface area contributed by atoms with Crippen LogP contribution in [-0.2, 0) is 13.0 Å². The Bertz CT molecular complexity index is 968. The third-order valence-corrected chi connectivity index (χ3v) is 5.78. The number of nitrogens with zero attached hydrogens (tertiary/aromatic N) is 2. The summed E-state index contributed by atoms with van der Waals surface area (Å²) in [6.45, 7) is 1.09. The van der Waals surface area contributed by atoms with Crippen molar-refractivity contribution in [1.82, 2.24) is 9.88 Å². The summed E-state index contributed by atoms with van der Waals surface area (Å²) < 4.78 is 5.87. The Balaban J connectivity index is 1.49. The van der Waals surface area contributed by atoms with E-state index in [-0.39, 0.29) is 17.6 Å². The van der Waals surface area contributed by atoms with Gasteiger partial charge in [-0.05, 0) is 40.2 Å². The average molecular weight is 432 g/mol. The molecule has 132 valence electrons. The Hall–Kier alpha value is -2.45. The molecule has 3 heterocycles. The van der Waals surface area contributed by atoms with E-state index in [0.717, 1.165) is 15.0 Å². The Morgan fingerprint density at radius 1 is 1.23 bits per heavy atom. The van der Waals surface area contributed by atoms with E-state index in [1.165, 1.54) is 17.6 Å². The predicted molar refractivity (Wildman–Crippen MR) is 101 cm³/mol. The van der Waals surface area contributed by atoms with Crippen LogP contribution < -0.4 is 5.32 Å². The van der Waals surface area contributed by atoms with E-state index in [4.69, 9.17) is 4.42 Å². The lowest BCUT2D eigenvalue weighted by Gasteiger charge is -2.26. The highest BCUT2D eigenvalue weighted by atomic mass is 79.9. The number of furan rings is 1. The van der Waals surface area contributed by atoms with Crippen molar-refractivity contribution in [3.8, 4) is 0 Å². The van der Waals surface area contributed by atoms with Crippen molar-refractivity contribution in [2.45, 2.75) is 13.0 Å². The summed E-state index contributed by atoms with van der Waals surface area (Å²) in [4.78, 5) is 32.1. The monoisotopic (exact) mass is 431 g/mol. The average Bonchev–Trinajstić information content (AvgIpc) is 3.30. The molecule has 1 N–H and O–H groups in total. The fourth-order valence-electron chi connectivity index (χ4n) is 2.79. The first kappa shape index (κ1) is 17.0. The van der Waals surface area contributed by atoms with E-state index in [2.05, 4.69) is 26.2 Å². The third kappa shape index (κ3) is 3.30. The van der Waals surface area contributed by atoms with Crippen LogP contribution in [0.15, 0.2) is 51.6 Å². The molecule has 1 aliphatic rings. The molecule has 0 saturated carbocycles. The number of thiazole rings is 1. The summed E-state index contributed by atoms with van der Waals surface area (Å²) in [5.74, 6) is -0.108. The van der Waals surface area contributed by atoms with Gasteiger partial charge in [-0.15, -0.1) is 0 Å². The molecule has 0 fully saturated rings. The van der Waals surface area contributed by atoms with Crippen LogP contribution in [-0.4, -0.2) is 28.2 Å². The van der Waals surface area contributed by atoms with Gasteiger partial charge in [-0.1, -0.05) is 23.5 Å². The van der Waals surface area contributed by atoms with Gasteiger partial charge in [0.15, 0.2) is 10.9 Å². The lowest BCUT2D eigenvalue weighted by molar-refractivity contribution is 0.0735. The molecule has 0 unspecified atom stereocenters. The maximum absolute atomic E-state index is 12.8. The number of carbonyl (C=O) groups excluding carboxylic acids is 2. The number of rotatable bonds is 3. The van der Waals surface area contributed by atoms with Crippen molar-refractivity contribution in [2.24, 2.45) is 0 Å². The molecule has 1 aromatic carbocycles. The highest BCUT2D eigenvalue weighted by Crippen LogP contribution is 2.30. The number of amides is 2. The molecule has 0 aliphatic carbocycles. The van der Waals surface area contributed by atoms with Crippen LogP contribution >= 0.6 is 27.3 Å². The molecule has 26 heavy (non-hydrogen) atoms. The van der Waals surface area contributed by atoms with Gasteiger partial charge in [0.2, 0.25) is 0 Å². The second kappa shape index (κ2) is 7.05. The molecular weight excluding hydrogens is 418 g/mol.